The van der Waals surface area contributed by atoms with Gasteiger partial charge in [-0.1, -0.05) is 48.5 Å². The third-order valence-corrected chi connectivity index (χ3v) is 9.69. The van der Waals surface area contributed by atoms with Crippen LogP contribution in [0.5, 0.6) is 11.5 Å². The fraction of sp³-hybridized carbons (Fsp3) is 0.333. The summed E-state index contributed by atoms with van der Waals surface area (Å²) >= 11 is 0. The highest BCUT2D eigenvalue weighted by atomic mass is 32.2. The van der Waals surface area contributed by atoms with Crippen LogP contribution in [0.4, 0.5) is 0 Å². The molecule has 212 valence electrons. The molecule has 40 heavy (non-hydrogen) atoms. The lowest BCUT2D eigenvalue weighted by Gasteiger charge is -2.36. The summed E-state index contributed by atoms with van der Waals surface area (Å²) in [6.07, 6.45) is 0.480. The monoisotopic (exact) mass is 566 g/mol. The molecule has 1 fully saturated rings. The van der Waals surface area contributed by atoms with Crippen LogP contribution in [0, 0.1) is 0 Å². The summed E-state index contributed by atoms with van der Waals surface area (Å²) in [4.78, 5) is 25.5. The molecule has 1 aliphatic heterocycles. The van der Waals surface area contributed by atoms with E-state index in [-0.39, 0.29) is 30.7 Å². The number of hydrogen-bond donors (Lipinski definition) is 3. The molecule has 1 heterocycles. The standard InChI is InChI=1S/C30H34N2O7S/c1-38-25-10-6-11-26(39-2)28(25)22-14-12-21(13-15-22)18-23(19-27(33)34)32-29(35)30(16-7-17-31-20-30)40(36,37)24-8-4-3-5-9-24/h3-6,8-15,23,31H,7,16-20H2,1-2H3,(H,32,35)(H,33,34). The first-order chi connectivity index (χ1) is 19.2. The molecular weight excluding hydrogens is 532 g/mol. The van der Waals surface area contributed by atoms with Crippen molar-refractivity contribution in [3.05, 3.63) is 78.4 Å². The van der Waals surface area contributed by atoms with E-state index in [1.54, 1.807) is 32.4 Å². The van der Waals surface area contributed by atoms with Crippen LogP contribution in [-0.4, -0.2) is 63.5 Å². The SMILES string of the molecule is COc1cccc(OC)c1-c1ccc(CC(CC(=O)O)NC(=O)C2(S(=O)(=O)c3ccccc3)CCCNC2)cc1. The number of carbonyl (C=O) groups excluding carboxylic acids is 1. The summed E-state index contributed by atoms with van der Waals surface area (Å²) in [7, 11) is -0.902. The van der Waals surface area contributed by atoms with Gasteiger partial charge >= 0.3 is 5.97 Å². The molecule has 0 aromatic heterocycles. The minimum atomic E-state index is -4.07. The molecule has 9 nitrogen and oxygen atoms in total. The van der Waals surface area contributed by atoms with Crippen LogP contribution in [0.2, 0.25) is 0 Å². The van der Waals surface area contributed by atoms with Crippen molar-refractivity contribution in [2.24, 2.45) is 0 Å². The molecule has 3 aromatic rings. The summed E-state index contributed by atoms with van der Waals surface area (Å²) in [5.41, 5.74) is 2.41. The number of carbonyl (C=O) groups is 2. The van der Waals surface area contributed by atoms with Crippen LogP contribution >= 0.6 is 0 Å². The van der Waals surface area contributed by atoms with E-state index in [9.17, 15) is 23.1 Å². The number of nitrogens with one attached hydrogen (secondary N) is 2. The summed E-state index contributed by atoms with van der Waals surface area (Å²) in [5.74, 6) is -0.490. The molecule has 0 aliphatic carbocycles. The van der Waals surface area contributed by atoms with Crippen molar-refractivity contribution < 1.29 is 32.6 Å². The predicted molar refractivity (Wildman–Crippen MR) is 151 cm³/mol. The molecule has 0 spiro atoms. The van der Waals surface area contributed by atoms with E-state index >= 15 is 0 Å². The lowest BCUT2D eigenvalue weighted by molar-refractivity contribution is -0.137. The summed E-state index contributed by atoms with van der Waals surface area (Å²) in [6, 6.07) is 20.0. The number of aliphatic carboxylic acids is 1. The Morgan fingerprint density at radius 2 is 1.62 bits per heavy atom. The second kappa shape index (κ2) is 12.5. The molecule has 0 radical (unpaired) electrons. The Balaban J connectivity index is 1.60. The third kappa shape index (κ3) is 5.97. The number of methoxy groups -OCH3 is 2. The first kappa shape index (κ1) is 29.1. The zero-order chi connectivity index (χ0) is 28.8. The maximum atomic E-state index is 13.8. The summed E-state index contributed by atoms with van der Waals surface area (Å²) in [6.45, 7) is 0.548. The van der Waals surface area contributed by atoms with Crippen molar-refractivity contribution in [1.82, 2.24) is 10.6 Å². The first-order valence-electron chi connectivity index (χ1n) is 13.1. The smallest absolute Gasteiger partial charge is 0.305 e. The van der Waals surface area contributed by atoms with E-state index in [2.05, 4.69) is 10.6 Å². The fourth-order valence-corrected chi connectivity index (χ4v) is 7.15. The van der Waals surface area contributed by atoms with Gasteiger partial charge in [0.1, 0.15) is 11.5 Å². The number of carboxylic acids is 1. The third-order valence-electron chi connectivity index (χ3n) is 7.24. The van der Waals surface area contributed by atoms with E-state index in [1.807, 2.05) is 42.5 Å². The highest BCUT2D eigenvalue weighted by Gasteiger charge is 2.52. The van der Waals surface area contributed by atoms with E-state index in [0.29, 0.717) is 24.5 Å². The molecule has 2 unspecified atom stereocenters. The Kier molecular flexibility index (Phi) is 9.11. The second-order valence-electron chi connectivity index (χ2n) is 9.80. The van der Waals surface area contributed by atoms with Crippen LogP contribution < -0.4 is 20.1 Å². The van der Waals surface area contributed by atoms with Crippen molar-refractivity contribution in [2.45, 2.75) is 41.4 Å². The lowest BCUT2D eigenvalue weighted by Crippen LogP contribution is -2.62. The van der Waals surface area contributed by atoms with Gasteiger partial charge < -0.3 is 25.2 Å². The van der Waals surface area contributed by atoms with Gasteiger partial charge in [0.05, 0.1) is 31.1 Å². The van der Waals surface area contributed by atoms with Crippen LogP contribution in [0.15, 0.2) is 77.7 Å². The van der Waals surface area contributed by atoms with Crippen molar-refractivity contribution in [3.63, 3.8) is 0 Å². The maximum Gasteiger partial charge on any atom is 0.305 e. The normalized spacial score (nSPS) is 17.9. The maximum absolute atomic E-state index is 13.8. The van der Waals surface area contributed by atoms with Gasteiger partial charge in [-0.15, -0.1) is 0 Å². The largest absolute Gasteiger partial charge is 0.496 e. The number of rotatable bonds is 11. The highest BCUT2D eigenvalue weighted by Crippen LogP contribution is 2.38. The van der Waals surface area contributed by atoms with Crippen LogP contribution in [0.25, 0.3) is 11.1 Å². The van der Waals surface area contributed by atoms with Crippen molar-refractivity contribution in [1.29, 1.82) is 0 Å². The van der Waals surface area contributed by atoms with Gasteiger partial charge in [0, 0.05) is 12.6 Å². The molecular formula is C30H34N2O7S. The second-order valence-corrected chi connectivity index (χ2v) is 12.1. The zero-order valence-corrected chi connectivity index (χ0v) is 23.4. The molecule has 3 N–H and O–H groups in total. The number of carboxylic acid groups (broad SMARTS) is 1. The van der Waals surface area contributed by atoms with E-state index in [0.717, 1.165) is 16.7 Å². The van der Waals surface area contributed by atoms with Crippen LogP contribution in [0.1, 0.15) is 24.8 Å². The van der Waals surface area contributed by atoms with Crippen molar-refractivity contribution in [2.75, 3.05) is 27.3 Å². The number of benzene rings is 3. The van der Waals surface area contributed by atoms with E-state index < -0.39 is 32.5 Å². The Bertz CT molecular complexity index is 1410. The van der Waals surface area contributed by atoms with E-state index in [4.69, 9.17) is 9.47 Å². The molecule has 4 rings (SSSR count). The minimum absolute atomic E-state index is 0.0503. The van der Waals surface area contributed by atoms with Crippen LogP contribution in [-0.2, 0) is 25.8 Å². The topological polar surface area (TPSA) is 131 Å². The van der Waals surface area contributed by atoms with Gasteiger partial charge in [0.25, 0.3) is 0 Å². The molecule has 1 amide bonds. The molecule has 1 saturated heterocycles. The number of ether oxygens (including phenoxy) is 2. The summed E-state index contributed by atoms with van der Waals surface area (Å²) < 4.78 is 36.8. The molecule has 3 aromatic carbocycles. The number of piperidine rings is 1. The Labute approximate surface area is 234 Å². The number of hydrogen-bond acceptors (Lipinski definition) is 7. The Morgan fingerprint density at radius 1 is 0.975 bits per heavy atom. The quantitative estimate of drug-likeness (QED) is 0.322. The van der Waals surface area contributed by atoms with Crippen molar-refractivity contribution >= 4 is 21.7 Å². The van der Waals surface area contributed by atoms with Gasteiger partial charge in [-0.25, -0.2) is 8.42 Å². The van der Waals surface area contributed by atoms with E-state index in [1.165, 1.54) is 12.1 Å². The van der Waals surface area contributed by atoms with Crippen LogP contribution in [0.3, 0.4) is 0 Å². The Morgan fingerprint density at radius 3 is 2.17 bits per heavy atom. The Hall–Kier alpha value is -3.89. The van der Waals surface area contributed by atoms with Gasteiger partial charge in [-0.3, -0.25) is 9.59 Å². The predicted octanol–water partition coefficient (Wildman–Crippen LogP) is 3.47. The molecule has 0 bridgehead atoms. The molecule has 10 heteroatoms. The van der Waals surface area contributed by atoms with Gasteiger partial charge in [0.2, 0.25) is 5.91 Å². The first-order valence-corrected chi connectivity index (χ1v) is 14.5. The molecule has 1 aliphatic rings. The number of amides is 1. The number of sulfone groups is 1. The average molecular weight is 567 g/mol. The highest BCUT2D eigenvalue weighted by molar-refractivity contribution is 7.93. The van der Waals surface area contributed by atoms with Gasteiger partial charge in [-0.05, 0) is 61.2 Å². The average Bonchev–Trinajstić information content (AvgIpc) is 2.97. The zero-order valence-electron chi connectivity index (χ0n) is 22.6. The van der Waals surface area contributed by atoms with Gasteiger partial charge in [0.15, 0.2) is 14.6 Å². The minimum Gasteiger partial charge on any atom is -0.496 e. The summed E-state index contributed by atoms with van der Waals surface area (Å²) in [5, 5.41) is 15.4. The molecule has 0 saturated carbocycles. The lowest BCUT2D eigenvalue weighted by atomic mass is 9.95. The molecule has 2 atom stereocenters. The van der Waals surface area contributed by atoms with Gasteiger partial charge in [-0.2, -0.15) is 0 Å². The fourth-order valence-electron chi connectivity index (χ4n) is 5.18. The van der Waals surface area contributed by atoms with Crippen molar-refractivity contribution in [3.8, 4) is 22.6 Å².